The Bertz CT molecular complexity index is 494. The highest BCUT2D eigenvalue weighted by Crippen LogP contribution is 2.21. The van der Waals surface area contributed by atoms with Crippen molar-refractivity contribution in [3.8, 4) is 5.75 Å². The molecule has 102 valence electrons. The summed E-state index contributed by atoms with van der Waals surface area (Å²) in [5.41, 5.74) is 1.02. The van der Waals surface area contributed by atoms with Crippen molar-refractivity contribution in [1.82, 2.24) is 5.32 Å². The molecule has 5 nitrogen and oxygen atoms in total. The summed E-state index contributed by atoms with van der Waals surface area (Å²) in [6.45, 7) is 2.57. The second-order valence-corrected chi connectivity index (χ2v) is 3.88. The third-order valence-corrected chi connectivity index (χ3v) is 2.43. The minimum Gasteiger partial charge on any atom is -0.496 e. The fraction of sp³-hybridized carbons (Fsp3) is 0.286. The van der Waals surface area contributed by atoms with E-state index in [1.54, 1.807) is 18.2 Å². The molecule has 0 spiro atoms. The summed E-state index contributed by atoms with van der Waals surface area (Å²) < 4.78 is 5.12. The maximum absolute atomic E-state index is 11.8. The zero-order valence-electron chi connectivity index (χ0n) is 11.0. The molecule has 0 aliphatic heterocycles. The lowest BCUT2D eigenvalue weighted by Crippen LogP contribution is -2.23. The molecule has 1 amide bonds. The van der Waals surface area contributed by atoms with Crippen LogP contribution in [0.25, 0.3) is 6.08 Å². The lowest BCUT2D eigenvalue weighted by Gasteiger charge is -2.08. The topological polar surface area (TPSA) is 75.6 Å². The summed E-state index contributed by atoms with van der Waals surface area (Å²) in [7, 11) is 1.49. The highest BCUT2D eigenvalue weighted by molar-refractivity contribution is 5.95. The number of nitrogens with one attached hydrogen (secondary N) is 1. The standard InChI is InChI=1S/C14H17NO4/c1-3-8-15-14(18)11-4-6-12(19-2)10(9-11)5-7-13(16)17/h4-7,9H,3,8H2,1-2H3,(H,15,18)(H,16,17). The number of hydrogen-bond acceptors (Lipinski definition) is 3. The Balaban J connectivity index is 3.00. The average Bonchev–Trinajstić information content (AvgIpc) is 2.42. The van der Waals surface area contributed by atoms with Gasteiger partial charge in [0.15, 0.2) is 0 Å². The third-order valence-electron chi connectivity index (χ3n) is 2.43. The van der Waals surface area contributed by atoms with E-state index >= 15 is 0 Å². The Labute approximate surface area is 111 Å². The van der Waals surface area contributed by atoms with Crippen LogP contribution >= 0.6 is 0 Å². The van der Waals surface area contributed by atoms with Crippen LogP contribution in [-0.4, -0.2) is 30.6 Å². The van der Waals surface area contributed by atoms with Gasteiger partial charge in [-0.2, -0.15) is 0 Å². The Morgan fingerprint density at radius 2 is 2.16 bits per heavy atom. The van der Waals surface area contributed by atoms with Gasteiger partial charge in [-0.15, -0.1) is 0 Å². The molecule has 5 heteroatoms. The molecule has 0 bridgehead atoms. The molecule has 0 fully saturated rings. The summed E-state index contributed by atoms with van der Waals surface area (Å²) >= 11 is 0. The van der Waals surface area contributed by atoms with Crippen LogP contribution in [-0.2, 0) is 4.79 Å². The van der Waals surface area contributed by atoms with E-state index in [-0.39, 0.29) is 5.91 Å². The van der Waals surface area contributed by atoms with Gasteiger partial charge in [0, 0.05) is 23.7 Å². The number of methoxy groups -OCH3 is 1. The van der Waals surface area contributed by atoms with Crippen LogP contribution in [0.5, 0.6) is 5.75 Å². The van der Waals surface area contributed by atoms with Crippen molar-refractivity contribution >= 4 is 18.0 Å². The van der Waals surface area contributed by atoms with Gasteiger partial charge in [-0.25, -0.2) is 4.79 Å². The minimum absolute atomic E-state index is 0.186. The molecule has 0 saturated carbocycles. The lowest BCUT2D eigenvalue weighted by atomic mass is 10.1. The summed E-state index contributed by atoms with van der Waals surface area (Å²) in [6, 6.07) is 4.88. The molecular formula is C14H17NO4. The van der Waals surface area contributed by atoms with Crippen LogP contribution in [0.15, 0.2) is 24.3 Å². The molecule has 1 rings (SSSR count). The highest BCUT2D eigenvalue weighted by atomic mass is 16.5. The number of benzene rings is 1. The normalized spacial score (nSPS) is 10.4. The number of hydrogen-bond donors (Lipinski definition) is 2. The van der Waals surface area contributed by atoms with Crippen molar-refractivity contribution in [2.45, 2.75) is 13.3 Å². The quantitative estimate of drug-likeness (QED) is 0.769. The van der Waals surface area contributed by atoms with Crippen LogP contribution in [0, 0.1) is 0 Å². The van der Waals surface area contributed by atoms with Crippen molar-refractivity contribution < 1.29 is 19.4 Å². The predicted molar refractivity (Wildman–Crippen MR) is 72.3 cm³/mol. The first-order valence-electron chi connectivity index (χ1n) is 5.95. The van der Waals surface area contributed by atoms with Gasteiger partial charge in [-0.1, -0.05) is 6.92 Å². The highest BCUT2D eigenvalue weighted by Gasteiger charge is 2.08. The van der Waals surface area contributed by atoms with Gasteiger partial charge in [0.1, 0.15) is 5.75 Å². The molecule has 19 heavy (non-hydrogen) atoms. The molecule has 0 radical (unpaired) electrons. The Kier molecular flexibility index (Phi) is 5.60. The lowest BCUT2D eigenvalue weighted by molar-refractivity contribution is -0.131. The van der Waals surface area contributed by atoms with E-state index in [1.807, 2.05) is 6.92 Å². The Morgan fingerprint density at radius 1 is 1.42 bits per heavy atom. The van der Waals surface area contributed by atoms with Crippen LogP contribution < -0.4 is 10.1 Å². The smallest absolute Gasteiger partial charge is 0.328 e. The molecule has 0 aliphatic carbocycles. The largest absolute Gasteiger partial charge is 0.496 e. The van der Waals surface area contributed by atoms with Crippen molar-refractivity contribution in [3.63, 3.8) is 0 Å². The van der Waals surface area contributed by atoms with Crippen molar-refractivity contribution in [1.29, 1.82) is 0 Å². The molecule has 0 saturated heterocycles. The van der Waals surface area contributed by atoms with E-state index < -0.39 is 5.97 Å². The van der Waals surface area contributed by atoms with Crippen LogP contribution in [0.1, 0.15) is 29.3 Å². The SMILES string of the molecule is CCCNC(=O)c1ccc(OC)c(C=CC(=O)O)c1. The number of carbonyl (C=O) groups is 2. The molecule has 0 unspecified atom stereocenters. The van der Waals surface area contributed by atoms with Gasteiger partial charge >= 0.3 is 5.97 Å². The maximum Gasteiger partial charge on any atom is 0.328 e. The molecule has 0 aliphatic rings. The number of carboxylic acids is 1. The molecule has 2 N–H and O–H groups in total. The van der Waals surface area contributed by atoms with Crippen molar-refractivity contribution in [2.24, 2.45) is 0 Å². The third kappa shape index (κ3) is 4.46. The van der Waals surface area contributed by atoms with Crippen LogP contribution in [0.4, 0.5) is 0 Å². The van der Waals surface area contributed by atoms with E-state index in [2.05, 4.69) is 5.32 Å². The van der Waals surface area contributed by atoms with Gasteiger partial charge < -0.3 is 15.2 Å². The number of amides is 1. The number of ether oxygens (including phenoxy) is 1. The second-order valence-electron chi connectivity index (χ2n) is 3.88. The monoisotopic (exact) mass is 263 g/mol. The first-order valence-corrected chi connectivity index (χ1v) is 5.95. The molecule has 0 aromatic heterocycles. The number of carboxylic acid groups (broad SMARTS) is 1. The number of aliphatic carboxylic acids is 1. The van der Waals surface area contributed by atoms with E-state index in [4.69, 9.17) is 9.84 Å². The van der Waals surface area contributed by atoms with Gasteiger partial charge in [-0.05, 0) is 30.7 Å². The van der Waals surface area contributed by atoms with Crippen molar-refractivity contribution in [3.05, 3.63) is 35.4 Å². The summed E-state index contributed by atoms with van der Waals surface area (Å²) in [5.74, 6) is -0.720. The van der Waals surface area contributed by atoms with Crippen LogP contribution in [0.2, 0.25) is 0 Å². The molecule has 1 aromatic carbocycles. The molecule has 1 aromatic rings. The fourth-order valence-corrected chi connectivity index (χ4v) is 1.51. The molecule has 0 heterocycles. The first-order chi connectivity index (χ1) is 9.08. The Morgan fingerprint density at radius 3 is 2.74 bits per heavy atom. The number of carbonyl (C=O) groups excluding carboxylic acids is 1. The fourth-order valence-electron chi connectivity index (χ4n) is 1.51. The zero-order chi connectivity index (χ0) is 14.3. The average molecular weight is 263 g/mol. The first kappa shape index (κ1) is 14.8. The van der Waals surface area contributed by atoms with Gasteiger partial charge in [-0.3, -0.25) is 4.79 Å². The minimum atomic E-state index is -1.05. The van der Waals surface area contributed by atoms with E-state index in [9.17, 15) is 9.59 Å². The van der Waals surface area contributed by atoms with E-state index in [0.29, 0.717) is 23.4 Å². The van der Waals surface area contributed by atoms with E-state index in [0.717, 1.165) is 12.5 Å². The summed E-state index contributed by atoms with van der Waals surface area (Å²) in [4.78, 5) is 22.3. The van der Waals surface area contributed by atoms with Gasteiger partial charge in [0.2, 0.25) is 0 Å². The molecular weight excluding hydrogens is 246 g/mol. The van der Waals surface area contributed by atoms with Gasteiger partial charge in [0.25, 0.3) is 5.91 Å². The van der Waals surface area contributed by atoms with E-state index in [1.165, 1.54) is 13.2 Å². The Hall–Kier alpha value is -2.30. The maximum atomic E-state index is 11.8. The predicted octanol–water partition coefficient (Wildman–Crippen LogP) is 1.93. The van der Waals surface area contributed by atoms with Crippen LogP contribution in [0.3, 0.4) is 0 Å². The second kappa shape index (κ2) is 7.20. The van der Waals surface area contributed by atoms with Gasteiger partial charge in [0.05, 0.1) is 7.11 Å². The summed E-state index contributed by atoms with van der Waals surface area (Å²) in [6.07, 6.45) is 3.26. The zero-order valence-corrected chi connectivity index (χ0v) is 11.0. The molecule has 0 atom stereocenters. The summed E-state index contributed by atoms with van der Waals surface area (Å²) in [5, 5.41) is 11.4. The van der Waals surface area contributed by atoms with Crippen molar-refractivity contribution in [2.75, 3.05) is 13.7 Å². The number of rotatable bonds is 6.